The molecule has 2 rings (SSSR count). The predicted molar refractivity (Wildman–Crippen MR) is 71.3 cm³/mol. The summed E-state index contributed by atoms with van der Waals surface area (Å²) in [5.74, 6) is -0.998. The van der Waals surface area contributed by atoms with E-state index in [1.807, 2.05) is 0 Å². The molecule has 20 heavy (non-hydrogen) atoms. The van der Waals surface area contributed by atoms with Crippen LogP contribution in [0.2, 0.25) is 0 Å². The third-order valence-corrected chi connectivity index (χ3v) is 3.62. The van der Waals surface area contributed by atoms with E-state index >= 15 is 0 Å². The number of piperidine rings is 1. The van der Waals surface area contributed by atoms with Gasteiger partial charge in [-0.15, -0.1) is 0 Å². The lowest BCUT2D eigenvalue weighted by Crippen LogP contribution is -2.50. The van der Waals surface area contributed by atoms with E-state index < -0.39 is 11.9 Å². The number of aromatic nitrogens is 1. The van der Waals surface area contributed by atoms with Crippen LogP contribution >= 0.6 is 0 Å². The minimum atomic E-state index is -0.844. The van der Waals surface area contributed by atoms with E-state index in [1.165, 1.54) is 6.20 Å². The smallest absolute Gasteiger partial charge is 0.308 e. The molecule has 1 N–H and O–H groups in total. The number of hydrogen-bond acceptors (Lipinski definition) is 4. The Morgan fingerprint density at radius 1 is 1.55 bits per heavy atom. The molecule has 0 unspecified atom stereocenters. The lowest BCUT2D eigenvalue weighted by atomic mass is 9.90. The van der Waals surface area contributed by atoms with Crippen LogP contribution in [0.3, 0.4) is 0 Å². The molecule has 0 saturated carbocycles. The number of carboxylic acid groups (broad SMARTS) is 1. The second-order valence-electron chi connectivity index (χ2n) is 4.89. The number of likely N-dealkylation sites (tertiary alicyclic amines) is 1. The molecule has 6 nitrogen and oxygen atoms in total. The number of amides is 1. The lowest BCUT2D eigenvalue weighted by molar-refractivity contribution is -0.149. The second kappa shape index (κ2) is 6.36. The van der Waals surface area contributed by atoms with Gasteiger partial charge in [0, 0.05) is 18.8 Å². The Labute approximate surface area is 117 Å². The monoisotopic (exact) mass is 278 g/mol. The first-order chi connectivity index (χ1) is 9.59. The van der Waals surface area contributed by atoms with Crippen molar-refractivity contribution in [3.05, 3.63) is 24.5 Å². The van der Waals surface area contributed by atoms with Gasteiger partial charge in [0.15, 0.2) is 6.61 Å². The number of carbonyl (C=O) groups is 2. The molecular weight excluding hydrogens is 260 g/mol. The number of carboxylic acids is 1. The third kappa shape index (κ3) is 3.26. The highest BCUT2D eigenvalue weighted by Gasteiger charge is 2.35. The zero-order valence-electron chi connectivity index (χ0n) is 11.4. The molecule has 1 aliphatic heterocycles. The summed E-state index contributed by atoms with van der Waals surface area (Å²) < 4.78 is 5.36. The first kappa shape index (κ1) is 14.3. The standard InChI is InChI=1S/C14H18N2O4/c1-10-12(14(18)19)5-3-7-16(10)13(17)9-20-11-4-2-6-15-8-11/h2,4,6,8,10,12H,3,5,7,9H2,1H3,(H,18,19)/t10-,12-/m1/s1. The van der Waals surface area contributed by atoms with E-state index in [0.717, 1.165) is 0 Å². The number of aliphatic carboxylic acids is 1. The summed E-state index contributed by atoms with van der Waals surface area (Å²) in [5, 5.41) is 9.14. The maximum Gasteiger partial charge on any atom is 0.308 e. The first-order valence-electron chi connectivity index (χ1n) is 6.64. The van der Waals surface area contributed by atoms with Gasteiger partial charge in [0.05, 0.1) is 12.1 Å². The van der Waals surface area contributed by atoms with Crippen molar-refractivity contribution in [1.29, 1.82) is 0 Å². The molecule has 6 heteroatoms. The minimum Gasteiger partial charge on any atom is -0.482 e. The fraction of sp³-hybridized carbons (Fsp3) is 0.500. The Morgan fingerprint density at radius 2 is 2.35 bits per heavy atom. The van der Waals surface area contributed by atoms with Gasteiger partial charge < -0.3 is 14.7 Å². The van der Waals surface area contributed by atoms with Crippen LogP contribution in [0.5, 0.6) is 5.75 Å². The Balaban J connectivity index is 1.93. The molecule has 108 valence electrons. The Hall–Kier alpha value is -2.11. The number of hydrogen-bond donors (Lipinski definition) is 1. The molecule has 2 heterocycles. The van der Waals surface area contributed by atoms with Crippen LogP contribution in [0.15, 0.2) is 24.5 Å². The first-order valence-corrected chi connectivity index (χ1v) is 6.64. The fourth-order valence-corrected chi connectivity index (χ4v) is 2.49. The summed E-state index contributed by atoms with van der Waals surface area (Å²) >= 11 is 0. The van der Waals surface area contributed by atoms with Crippen molar-refractivity contribution in [2.45, 2.75) is 25.8 Å². The molecule has 1 saturated heterocycles. The molecule has 2 atom stereocenters. The highest BCUT2D eigenvalue weighted by atomic mass is 16.5. The van der Waals surface area contributed by atoms with Gasteiger partial charge in [0.2, 0.25) is 0 Å². The summed E-state index contributed by atoms with van der Waals surface area (Å²) in [5.41, 5.74) is 0. The summed E-state index contributed by atoms with van der Waals surface area (Å²) in [6, 6.07) is 3.15. The molecule has 0 radical (unpaired) electrons. The Morgan fingerprint density at radius 3 is 3.00 bits per heavy atom. The molecule has 1 amide bonds. The summed E-state index contributed by atoms with van der Waals surface area (Å²) in [7, 11) is 0. The van der Waals surface area contributed by atoms with E-state index in [4.69, 9.17) is 9.84 Å². The van der Waals surface area contributed by atoms with Crippen LogP contribution in [-0.2, 0) is 9.59 Å². The van der Waals surface area contributed by atoms with Crippen molar-refractivity contribution < 1.29 is 19.4 Å². The maximum atomic E-state index is 12.1. The zero-order chi connectivity index (χ0) is 14.5. The molecule has 0 aromatic carbocycles. The van der Waals surface area contributed by atoms with Gasteiger partial charge in [-0.1, -0.05) is 0 Å². The van der Waals surface area contributed by atoms with E-state index in [2.05, 4.69) is 4.98 Å². The summed E-state index contributed by atoms with van der Waals surface area (Å²) in [4.78, 5) is 28.8. The second-order valence-corrected chi connectivity index (χ2v) is 4.89. The SMILES string of the molecule is C[C@@H]1[C@H](C(=O)O)CCCN1C(=O)COc1cccnc1. The number of ether oxygens (including phenoxy) is 1. The van der Waals surface area contributed by atoms with E-state index in [0.29, 0.717) is 25.1 Å². The van der Waals surface area contributed by atoms with Crippen LogP contribution < -0.4 is 4.74 Å². The molecule has 1 aromatic rings. The third-order valence-electron chi connectivity index (χ3n) is 3.62. The average Bonchev–Trinajstić information content (AvgIpc) is 2.46. The molecule has 1 aromatic heterocycles. The molecule has 1 aliphatic rings. The van der Waals surface area contributed by atoms with Crippen LogP contribution in [-0.4, -0.2) is 46.1 Å². The van der Waals surface area contributed by atoms with Crippen LogP contribution in [0, 0.1) is 5.92 Å². The Kier molecular flexibility index (Phi) is 4.55. The van der Waals surface area contributed by atoms with Crippen molar-refractivity contribution in [2.75, 3.05) is 13.2 Å². The van der Waals surface area contributed by atoms with Crippen molar-refractivity contribution in [3.63, 3.8) is 0 Å². The van der Waals surface area contributed by atoms with Gasteiger partial charge in [-0.2, -0.15) is 0 Å². The summed E-state index contributed by atoms with van der Waals surface area (Å²) in [6.45, 7) is 2.27. The highest BCUT2D eigenvalue weighted by Crippen LogP contribution is 2.24. The van der Waals surface area contributed by atoms with Crippen LogP contribution in [0.1, 0.15) is 19.8 Å². The van der Waals surface area contributed by atoms with Gasteiger partial charge in [-0.25, -0.2) is 0 Å². The number of nitrogens with zero attached hydrogens (tertiary/aromatic N) is 2. The largest absolute Gasteiger partial charge is 0.482 e. The topological polar surface area (TPSA) is 79.7 Å². The van der Waals surface area contributed by atoms with Crippen molar-refractivity contribution >= 4 is 11.9 Å². The molecule has 0 aliphatic carbocycles. The maximum absolute atomic E-state index is 12.1. The zero-order valence-corrected chi connectivity index (χ0v) is 11.4. The fourth-order valence-electron chi connectivity index (χ4n) is 2.49. The van der Waals surface area contributed by atoms with Crippen molar-refractivity contribution in [1.82, 2.24) is 9.88 Å². The van der Waals surface area contributed by atoms with Gasteiger partial charge in [0.1, 0.15) is 5.75 Å². The van der Waals surface area contributed by atoms with Crippen molar-refractivity contribution in [3.8, 4) is 5.75 Å². The van der Waals surface area contributed by atoms with Gasteiger partial charge in [0.25, 0.3) is 5.91 Å². The van der Waals surface area contributed by atoms with Gasteiger partial charge in [-0.05, 0) is 31.9 Å². The predicted octanol–water partition coefficient (Wildman–Crippen LogP) is 1.17. The highest BCUT2D eigenvalue weighted by molar-refractivity contribution is 5.80. The number of carbonyl (C=O) groups excluding carboxylic acids is 1. The van der Waals surface area contributed by atoms with Gasteiger partial charge >= 0.3 is 5.97 Å². The molecule has 1 fully saturated rings. The summed E-state index contributed by atoms with van der Waals surface area (Å²) in [6.07, 6.45) is 4.48. The van der Waals surface area contributed by atoms with Crippen LogP contribution in [0.25, 0.3) is 0 Å². The van der Waals surface area contributed by atoms with Crippen molar-refractivity contribution in [2.24, 2.45) is 5.92 Å². The van der Waals surface area contributed by atoms with E-state index in [-0.39, 0.29) is 18.6 Å². The normalized spacial score (nSPS) is 22.4. The number of pyridine rings is 1. The van der Waals surface area contributed by atoms with Crippen LogP contribution in [0.4, 0.5) is 0 Å². The van der Waals surface area contributed by atoms with Gasteiger partial charge in [-0.3, -0.25) is 14.6 Å². The average molecular weight is 278 g/mol. The number of rotatable bonds is 4. The minimum absolute atomic E-state index is 0.0949. The van der Waals surface area contributed by atoms with E-state index in [9.17, 15) is 9.59 Å². The quantitative estimate of drug-likeness (QED) is 0.894. The van der Waals surface area contributed by atoms with E-state index in [1.54, 1.807) is 30.2 Å². The lowest BCUT2D eigenvalue weighted by Gasteiger charge is -2.37. The Bertz CT molecular complexity index is 477. The molecular formula is C14H18N2O4. The molecule has 0 bridgehead atoms. The molecule has 0 spiro atoms.